The molecule has 0 saturated carbocycles. The molecule has 1 amide bonds. The van der Waals surface area contributed by atoms with Gasteiger partial charge in [0.05, 0.1) is 5.69 Å². The lowest BCUT2D eigenvalue weighted by Gasteiger charge is -2.24. The van der Waals surface area contributed by atoms with Gasteiger partial charge in [0.15, 0.2) is 0 Å². The Hall–Kier alpha value is -1.62. The summed E-state index contributed by atoms with van der Waals surface area (Å²) in [4.78, 5) is 18.2. The molecule has 0 aliphatic carbocycles. The van der Waals surface area contributed by atoms with Gasteiger partial charge in [0.25, 0.3) is 0 Å². The number of hydrogen-bond acceptors (Lipinski definition) is 4. The Balaban J connectivity index is 1.79. The van der Waals surface area contributed by atoms with Crippen LogP contribution in [0.5, 0.6) is 0 Å². The number of amides is 1. The van der Waals surface area contributed by atoms with Gasteiger partial charge in [-0.3, -0.25) is 4.98 Å². The minimum Gasteiger partial charge on any atom is -0.444 e. The smallest absolute Gasteiger partial charge is 0.410 e. The molecule has 0 bridgehead atoms. The van der Waals surface area contributed by atoms with E-state index in [0.717, 1.165) is 30.9 Å². The average molecular weight is 291 g/mol. The standard InChI is InChI=1S/C16H25N3O2/c1-12-6-5-7-13(18-12)10-17-14-8-9-19(11-14)15(20)21-16(2,3)4/h5-7,14,17H,8-11H2,1-4H3. The Morgan fingerprint density at radius 3 is 2.90 bits per heavy atom. The van der Waals surface area contributed by atoms with Crippen LogP contribution in [0.1, 0.15) is 38.6 Å². The fraction of sp³-hybridized carbons (Fsp3) is 0.625. The Morgan fingerprint density at radius 1 is 1.48 bits per heavy atom. The number of ether oxygens (including phenoxy) is 1. The first-order chi connectivity index (χ1) is 9.83. The highest BCUT2D eigenvalue weighted by molar-refractivity contribution is 5.68. The van der Waals surface area contributed by atoms with Crippen LogP contribution in [-0.2, 0) is 11.3 Å². The molecule has 1 aliphatic rings. The van der Waals surface area contributed by atoms with Crippen molar-refractivity contribution in [3.63, 3.8) is 0 Å². The second kappa shape index (κ2) is 6.43. The van der Waals surface area contributed by atoms with E-state index < -0.39 is 5.60 Å². The fourth-order valence-corrected chi connectivity index (χ4v) is 2.37. The minimum atomic E-state index is -0.436. The predicted octanol–water partition coefficient (Wildman–Crippen LogP) is 2.49. The monoisotopic (exact) mass is 291 g/mol. The van der Waals surface area contributed by atoms with Gasteiger partial charge in [0, 0.05) is 31.4 Å². The van der Waals surface area contributed by atoms with Crippen molar-refractivity contribution in [3.8, 4) is 0 Å². The quantitative estimate of drug-likeness (QED) is 0.929. The lowest BCUT2D eigenvalue weighted by molar-refractivity contribution is 0.0291. The number of carbonyl (C=O) groups is 1. The van der Waals surface area contributed by atoms with E-state index in [-0.39, 0.29) is 6.09 Å². The molecule has 2 rings (SSSR count). The van der Waals surface area contributed by atoms with E-state index in [1.54, 1.807) is 4.90 Å². The summed E-state index contributed by atoms with van der Waals surface area (Å²) in [6, 6.07) is 6.32. The molecule has 1 saturated heterocycles. The van der Waals surface area contributed by atoms with E-state index in [9.17, 15) is 4.79 Å². The van der Waals surface area contributed by atoms with Crippen LogP contribution in [0.3, 0.4) is 0 Å². The van der Waals surface area contributed by atoms with Gasteiger partial charge in [-0.1, -0.05) is 6.07 Å². The molecule has 116 valence electrons. The van der Waals surface area contributed by atoms with Crippen molar-refractivity contribution in [2.45, 2.75) is 52.3 Å². The first-order valence-electron chi connectivity index (χ1n) is 7.47. The zero-order chi connectivity index (χ0) is 15.5. The van der Waals surface area contributed by atoms with Crippen molar-refractivity contribution < 1.29 is 9.53 Å². The molecule has 1 unspecified atom stereocenters. The molecule has 2 heterocycles. The molecule has 5 heteroatoms. The number of nitrogens with zero attached hydrogens (tertiary/aromatic N) is 2. The van der Waals surface area contributed by atoms with E-state index in [1.807, 2.05) is 45.9 Å². The Morgan fingerprint density at radius 2 is 2.24 bits per heavy atom. The van der Waals surface area contributed by atoms with Crippen LogP contribution in [0.25, 0.3) is 0 Å². The van der Waals surface area contributed by atoms with Gasteiger partial charge in [-0.25, -0.2) is 4.79 Å². The van der Waals surface area contributed by atoms with Gasteiger partial charge in [0.2, 0.25) is 0 Å². The first-order valence-corrected chi connectivity index (χ1v) is 7.47. The zero-order valence-electron chi connectivity index (χ0n) is 13.3. The highest BCUT2D eigenvalue weighted by atomic mass is 16.6. The summed E-state index contributed by atoms with van der Waals surface area (Å²) in [5, 5.41) is 3.46. The summed E-state index contributed by atoms with van der Waals surface area (Å²) in [5.74, 6) is 0. The fourth-order valence-electron chi connectivity index (χ4n) is 2.37. The lowest BCUT2D eigenvalue weighted by Crippen LogP contribution is -2.38. The molecule has 1 atom stereocenters. The van der Waals surface area contributed by atoms with E-state index in [4.69, 9.17) is 4.74 Å². The molecule has 0 radical (unpaired) electrons. The van der Waals surface area contributed by atoms with E-state index in [2.05, 4.69) is 10.3 Å². The average Bonchev–Trinajstić information content (AvgIpc) is 2.83. The first kappa shape index (κ1) is 15.8. The predicted molar refractivity (Wildman–Crippen MR) is 82.0 cm³/mol. The molecule has 1 aliphatic heterocycles. The maximum absolute atomic E-state index is 12.0. The number of aryl methyl sites for hydroxylation is 1. The molecule has 1 fully saturated rings. The summed E-state index contributed by atoms with van der Waals surface area (Å²) >= 11 is 0. The number of hydrogen-bond donors (Lipinski definition) is 1. The number of carbonyl (C=O) groups excluding carboxylic acids is 1. The van der Waals surface area contributed by atoms with Crippen LogP contribution in [0, 0.1) is 6.92 Å². The molecular weight excluding hydrogens is 266 g/mol. The maximum Gasteiger partial charge on any atom is 0.410 e. The Bertz CT molecular complexity index is 497. The van der Waals surface area contributed by atoms with E-state index in [1.165, 1.54) is 0 Å². The van der Waals surface area contributed by atoms with Gasteiger partial charge >= 0.3 is 6.09 Å². The third kappa shape index (κ3) is 5.01. The molecule has 1 N–H and O–H groups in total. The molecular formula is C16H25N3O2. The van der Waals surface area contributed by atoms with Gasteiger partial charge in [-0.05, 0) is 46.2 Å². The number of likely N-dealkylation sites (tertiary alicyclic amines) is 1. The maximum atomic E-state index is 12.0. The largest absolute Gasteiger partial charge is 0.444 e. The topological polar surface area (TPSA) is 54.5 Å². The van der Waals surface area contributed by atoms with Crippen LogP contribution in [-0.4, -0.2) is 40.7 Å². The van der Waals surface area contributed by atoms with Crippen molar-refractivity contribution in [2.75, 3.05) is 13.1 Å². The normalized spacial score (nSPS) is 18.9. The third-order valence-electron chi connectivity index (χ3n) is 3.36. The SMILES string of the molecule is Cc1cccc(CNC2CCN(C(=O)OC(C)(C)C)C2)n1. The van der Waals surface area contributed by atoms with Gasteiger partial charge in [-0.15, -0.1) is 0 Å². The molecule has 5 nitrogen and oxygen atoms in total. The number of rotatable bonds is 3. The van der Waals surface area contributed by atoms with Crippen LogP contribution in [0.4, 0.5) is 4.79 Å². The van der Waals surface area contributed by atoms with Crippen molar-refractivity contribution in [1.82, 2.24) is 15.2 Å². The molecule has 0 spiro atoms. The highest BCUT2D eigenvalue weighted by Gasteiger charge is 2.29. The van der Waals surface area contributed by atoms with Gasteiger partial charge in [0.1, 0.15) is 5.60 Å². The summed E-state index contributed by atoms with van der Waals surface area (Å²) in [6.07, 6.45) is 0.728. The zero-order valence-corrected chi connectivity index (χ0v) is 13.3. The highest BCUT2D eigenvalue weighted by Crippen LogP contribution is 2.15. The minimum absolute atomic E-state index is 0.222. The summed E-state index contributed by atoms with van der Waals surface area (Å²) in [6.45, 7) is 9.83. The van der Waals surface area contributed by atoms with Crippen molar-refractivity contribution in [3.05, 3.63) is 29.6 Å². The summed E-state index contributed by atoms with van der Waals surface area (Å²) < 4.78 is 5.40. The molecule has 1 aromatic rings. The Labute approximate surface area is 126 Å². The van der Waals surface area contributed by atoms with Gasteiger partial charge in [-0.2, -0.15) is 0 Å². The number of pyridine rings is 1. The van der Waals surface area contributed by atoms with E-state index >= 15 is 0 Å². The van der Waals surface area contributed by atoms with Crippen LogP contribution in [0.15, 0.2) is 18.2 Å². The molecule has 0 aromatic carbocycles. The summed E-state index contributed by atoms with van der Waals surface area (Å²) in [7, 11) is 0. The van der Waals surface area contributed by atoms with E-state index in [0.29, 0.717) is 12.6 Å². The second-order valence-electron chi connectivity index (χ2n) is 6.56. The molecule has 1 aromatic heterocycles. The molecule has 21 heavy (non-hydrogen) atoms. The third-order valence-corrected chi connectivity index (χ3v) is 3.36. The summed E-state index contributed by atoms with van der Waals surface area (Å²) in [5.41, 5.74) is 1.62. The van der Waals surface area contributed by atoms with Crippen LogP contribution >= 0.6 is 0 Å². The lowest BCUT2D eigenvalue weighted by atomic mass is 10.2. The second-order valence-corrected chi connectivity index (χ2v) is 6.56. The van der Waals surface area contributed by atoms with Crippen LogP contribution in [0.2, 0.25) is 0 Å². The van der Waals surface area contributed by atoms with Crippen molar-refractivity contribution in [1.29, 1.82) is 0 Å². The van der Waals surface area contributed by atoms with Gasteiger partial charge < -0.3 is 15.0 Å². The van der Waals surface area contributed by atoms with Crippen molar-refractivity contribution >= 4 is 6.09 Å². The van der Waals surface area contributed by atoms with Crippen LogP contribution < -0.4 is 5.32 Å². The number of nitrogens with one attached hydrogen (secondary N) is 1. The number of aromatic nitrogens is 1. The Kier molecular flexibility index (Phi) is 4.83. The van der Waals surface area contributed by atoms with Crippen molar-refractivity contribution in [2.24, 2.45) is 0 Å².